The molecule has 130 valence electrons. The number of amides is 2. The van der Waals surface area contributed by atoms with Crippen LogP contribution in [0.1, 0.15) is 25.1 Å². The predicted octanol–water partition coefficient (Wildman–Crippen LogP) is 2.90. The number of carbonyl (C=O) groups is 1. The summed E-state index contributed by atoms with van der Waals surface area (Å²) < 4.78 is 10.7. The van der Waals surface area contributed by atoms with Crippen LogP contribution in [0.2, 0.25) is 5.02 Å². The highest BCUT2D eigenvalue weighted by Crippen LogP contribution is 2.16. The Hall–Kier alpha value is -2.28. The molecule has 0 spiro atoms. The molecule has 2 aromatic rings. The Bertz CT molecular complexity index is 645. The number of hydrogen-bond donors (Lipinski definition) is 1. The molecule has 0 saturated carbocycles. The summed E-state index contributed by atoms with van der Waals surface area (Å²) in [4.78, 5) is 17.6. The van der Waals surface area contributed by atoms with E-state index in [-0.39, 0.29) is 12.6 Å². The smallest absolute Gasteiger partial charge is 0.317 e. The molecule has 1 heterocycles. The van der Waals surface area contributed by atoms with Gasteiger partial charge in [0.15, 0.2) is 12.4 Å². The molecule has 0 atom stereocenters. The van der Waals surface area contributed by atoms with Crippen LogP contribution in [-0.2, 0) is 13.0 Å². The summed E-state index contributed by atoms with van der Waals surface area (Å²) in [5, 5.41) is 7.35. The van der Waals surface area contributed by atoms with Crippen molar-refractivity contribution in [2.45, 2.75) is 26.4 Å². The molecule has 0 fully saturated rings. The second kappa shape index (κ2) is 9.12. The van der Waals surface area contributed by atoms with Crippen LogP contribution in [0.15, 0.2) is 28.8 Å². The third kappa shape index (κ3) is 5.73. The lowest BCUT2D eigenvalue weighted by Crippen LogP contribution is -2.38. The van der Waals surface area contributed by atoms with Crippen molar-refractivity contribution in [3.63, 3.8) is 0 Å². The quantitative estimate of drug-likeness (QED) is 0.790. The molecule has 0 aliphatic carbocycles. The molecule has 0 bridgehead atoms. The van der Waals surface area contributed by atoms with Crippen LogP contribution in [0.25, 0.3) is 0 Å². The van der Waals surface area contributed by atoms with Crippen molar-refractivity contribution < 1.29 is 14.1 Å². The molecule has 0 unspecified atom stereocenters. The van der Waals surface area contributed by atoms with Crippen molar-refractivity contribution in [1.82, 2.24) is 20.4 Å². The van der Waals surface area contributed by atoms with E-state index >= 15 is 0 Å². The number of likely N-dealkylation sites (N-methyl/N-ethyl adjacent to an activating group) is 1. The van der Waals surface area contributed by atoms with Crippen LogP contribution in [0, 0.1) is 0 Å². The van der Waals surface area contributed by atoms with Gasteiger partial charge in [-0.25, -0.2) is 4.79 Å². The minimum absolute atomic E-state index is 0.105. The Balaban J connectivity index is 1.76. The molecule has 0 saturated heterocycles. The Kier molecular flexibility index (Phi) is 6.87. The molecular formula is C16H21ClN4O3. The Morgan fingerprint density at radius 1 is 1.38 bits per heavy atom. The average Bonchev–Trinajstić information content (AvgIpc) is 3.05. The van der Waals surface area contributed by atoms with E-state index in [4.69, 9.17) is 20.9 Å². The second-order valence-corrected chi connectivity index (χ2v) is 5.69. The highest BCUT2D eigenvalue weighted by Gasteiger charge is 2.11. The van der Waals surface area contributed by atoms with Gasteiger partial charge >= 0.3 is 6.03 Å². The molecule has 24 heavy (non-hydrogen) atoms. The molecule has 0 aliphatic rings. The summed E-state index contributed by atoms with van der Waals surface area (Å²) in [7, 11) is 1.73. The van der Waals surface area contributed by atoms with Gasteiger partial charge in [-0.05, 0) is 30.7 Å². The van der Waals surface area contributed by atoms with Gasteiger partial charge in [-0.2, -0.15) is 4.98 Å². The maximum Gasteiger partial charge on any atom is 0.317 e. The van der Waals surface area contributed by atoms with Gasteiger partial charge in [-0.1, -0.05) is 23.7 Å². The molecular weight excluding hydrogens is 332 g/mol. The summed E-state index contributed by atoms with van der Waals surface area (Å²) in [5.41, 5.74) is 0. The van der Waals surface area contributed by atoms with Gasteiger partial charge in [0.05, 0.1) is 0 Å². The minimum Gasteiger partial charge on any atom is -0.484 e. The van der Waals surface area contributed by atoms with Crippen molar-refractivity contribution in [3.8, 4) is 5.75 Å². The maximum atomic E-state index is 11.7. The number of aromatic nitrogens is 2. The molecule has 8 heteroatoms. The van der Waals surface area contributed by atoms with Gasteiger partial charge in [0, 0.05) is 31.6 Å². The number of hydrogen-bond acceptors (Lipinski definition) is 5. The van der Waals surface area contributed by atoms with Crippen molar-refractivity contribution in [3.05, 3.63) is 41.0 Å². The predicted molar refractivity (Wildman–Crippen MR) is 90.1 cm³/mol. The van der Waals surface area contributed by atoms with E-state index in [1.165, 1.54) is 0 Å². The molecule has 2 rings (SSSR count). The van der Waals surface area contributed by atoms with E-state index in [1.807, 2.05) is 6.92 Å². The lowest BCUT2D eigenvalue weighted by molar-refractivity contribution is 0.209. The van der Waals surface area contributed by atoms with E-state index in [0.717, 1.165) is 6.42 Å². The Morgan fingerprint density at radius 2 is 2.12 bits per heavy atom. The van der Waals surface area contributed by atoms with Gasteiger partial charge in [-0.15, -0.1) is 0 Å². The number of nitrogens with one attached hydrogen (secondary N) is 1. The van der Waals surface area contributed by atoms with E-state index < -0.39 is 0 Å². The van der Waals surface area contributed by atoms with E-state index in [2.05, 4.69) is 15.5 Å². The number of ether oxygens (including phenoxy) is 1. The standard InChI is InChI=1S/C16H21ClN4O3/c1-3-9-18-16(22)21(2)10-8-14-19-15(24-20-14)11-23-13-6-4-12(17)5-7-13/h4-7H,3,8-11H2,1-2H3,(H,18,22). The lowest BCUT2D eigenvalue weighted by atomic mass is 10.3. The van der Waals surface area contributed by atoms with Crippen molar-refractivity contribution in [1.29, 1.82) is 0 Å². The first-order chi connectivity index (χ1) is 11.6. The number of halogens is 1. The zero-order valence-corrected chi connectivity index (χ0v) is 14.5. The molecule has 1 N–H and O–H groups in total. The molecule has 0 aliphatic heterocycles. The first kappa shape index (κ1) is 18.1. The second-order valence-electron chi connectivity index (χ2n) is 5.25. The van der Waals surface area contributed by atoms with E-state index in [0.29, 0.717) is 42.0 Å². The van der Waals surface area contributed by atoms with Gasteiger partial charge in [0.25, 0.3) is 5.89 Å². The first-order valence-corrected chi connectivity index (χ1v) is 8.15. The van der Waals surface area contributed by atoms with Crippen LogP contribution in [0.5, 0.6) is 5.75 Å². The summed E-state index contributed by atoms with van der Waals surface area (Å²) >= 11 is 5.81. The number of nitrogens with zero attached hydrogens (tertiary/aromatic N) is 3. The van der Waals surface area contributed by atoms with E-state index in [9.17, 15) is 4.79 Å². The summed E-state index contributed by atoms with van der Waals surface area (Å²) in [6.45, 7) is 3.36. The van der Waals surface area contributed by atoms with Crippen LogP contribution >= 0.6 is 11.6 Å². The zero-order chi connectivity index (χ0) is 17.4. The van der Waals surface area contributed by atoms with Crippen LogP contribution in [-0.4, -0.2) is 41.2 Å². The van der Waals surface area contributed by atoms with Crippen molar-refractivity contribution >= 4 is 17.6 Å². The van der Waals surface area contributed by atoms with Gasteiger partial charge in [0.2, 0.25) is 0 Å². The first-order valence-electron chi connectivity index (χ1n) is 7.77. The van der Waals surface area contributed by atoms with E-state index in [1.54, 1.807) is 36.2 Å². The van der Waals surface area contributed by atoms with Crippen molar-refractivity contribution in [2.24, 2.45) is 0 Å². The molecule has 0 radical (unpaired) electrons. The topological polar surface area (TPSA) is 80.5 Å². The Labute approximate surface area is 145 Å². The monoisotopic (exact) mass is 352 g/mol. The maximum absolute atomic E-state index is 11.7. The normalized spacial score (nSPS) is 10.5. The fourth-order valence-electron chi connectivity index (χ4n) is 1.86. The Morgan fingerprint density at radius 3 is 2.83 bits per heavy atom. The van der Waals surface area contributed by atoms with Crippen LogP contribution in [0.4, 0.5) is 4.79 Å². The highest BCUT2D eigenvalue weighted by molar-refractivity contribution is 6.30. The third-order valence-corrected chi connectivity index (χ3v) is 3.48. The summed E-state index contributed by atoms with van der Waals surface area (Å²) in [6.07, 6.45) is 1.42. The largest absolute Gasteiger partial charge is 0.484 e. The minimum atomic E-state index is -0.105. The summed E-state index contributed by atoms with van der Waals surface area (Å²) in [5.74, 6) is 1.60. The number of urea groups is 1. The zero-order valence-electron chi connectivity index (χ0n) is 13.8. The molecule has 2 amide bonds. The fraction of sp³-hybridized carbons (Fsp3) is 0.438. The van der Waals surface area contributed by atoms with Crippen LogP contribution < -0.4 is 10.1 Å². The van der Waals surface area contributed by atoms with Gasteiger partial charge < -0.3 is 19.5 Å². The van der Waals surface area contributed by atoms with Gasteiger partial charge in [-0.3, -0.25) is 0 Å². The SMILES string of the molecule is CCCNC(=O)N(C)CCc1noc(COc2ccc(Cl)cc2)n1. The number of benzene rings is 1. The average molecular weight is 353 g/mol. The molecule has 1 aromatic heterocycles. The third-order valence-electron chi connectivity index (χ3n) is 3.23. The summed E-state index contributed by atoms with van der Waals surface area (Å²) in [6, 6.07) is 6.92. The molecule has 7 nitrogen and oxygen atoms in total. The van der Waals surface area contributed by atoms with Crippen LogP contribution in [0.3, 0.4) is 0 Å². The highest BCUT2D eigenvalue weighted by atomic mass is 35.5. The molecule has 1 aromatic carbocycles. The fourth-order valence-corrected chi connectivity index (χ4v) is 1.99. The number of rotatable bonds is 8. The van der Waals surface area contributed by atoms with Crippen molar-refractivity contribution in [2.75, 3.05) is 20.1 Å². The lowest BCUT2D eigenvalue weighted by Gasteiger charge is -2.16. The van der Waals surface area contributed by atoms with Gasteiger partial charge in [0.1, 0.15) is 5.75 Å². The number of carbonyl (C=O) groups excluding carboxylic acids is 1.